The third-order valence-electron chi connectivity index (χ3n) is 6.47. The summed E-state index contributed by atoms with van der Waals surface area (Å²) in [7, 11) is -3.59. The number of carbonyl (C=O) groups excluding carboxylic acids is 2. The molecule has 1 atom stereocenters. The van der Waals surface area contributed by atoms with E-state index in [1.54, 1.807) is 67.6 Å². The highest BCUT2D eigenvalue weighted by Crippen LogP contribution is 2.26. The standard InChI is InChI=1S/C31H32FN3O5S/c1-2-34-41(38,39)28-17-12-23(13-18-28)14-19-29(36)35(22-24-10-15-26(32)16-11-24)30(25-7-4-3-5-8-25)31(37)33-21-27-9-6-20-40-27/h3-13,15-18,20,30,34H,2,14,19,21-22H2,1H3,(H,33,37)/t30-/m0/s1. The van der Waals surface area contributed by atoms with Gasteiger partial charge in [0.15, 0.2) is 0 Å². The van der Waals surface area contributed by atoms with E-state index in [-0.39, 0.29) is 42.8 Å². The predicted molar refractivity (Wildman–Crippen MR) is 152 cm³/mol. The smallest absolute Gasteiger partial charge is 0.247 e. The van der Waals surface area contributed by atoms with E-state index >= 15 is 0 Å². The fraction of sp³-hybridized carbons (Fsp3) is 0.226. The second-order valence-electron chi connectivity index (χ2n) is 9.40. The van der Waals surface area contributed by atoms with Crippen molar-refractivity contribution in [3.63, 3.8) is 0 Å². The van der Waals surface area contributed by atoms with Crippen molar-refractivity contribution in [2.24, 2.45) is 0 Å². The zero-order valence-corrected chi connectivity index (χ0v) is 23.4. The molecule has 0 saturated heterocycles. The third kappa shape index (κ3) is 8.12. The molecule has 0 fully saturated rings. The van der Waals surface area contributed by atoms with Crippen LogP contribution in [0, 0.1) is 5.82 Å². The summed E-state index contributed by atoms with van der Waals surface area (Å²) in [6.45, 7) is 2.21. The van der Waals surface area contributed by atoms with E-state index in [2.05, 4.69) is 10.0 Å². The van der Waals surface area contributed by atoms with Gasteiger partial charge in [-0.2, -0.15) is 0 Å². The molecule has 0 unspecified atom stereocenters. The summed E-state index contributed by atoms with van der Waals surface area (Å²) >= 11 is 0. The monoisotopic (exact) mass is 577 g/mol. The Labute approximate surface area is 239 Å². The average molecular weight is 578 g/mol. The summed E-state index contributed by atoms with van der Waals surface area (Å²) in [4.78, 5) is 29.1. The molecule has 1 heterocycles. The third-order valence-corrected chi connectivity index (χ3v) is 8.04. The van der Waals surface area contributed by atoms with Crippen molar-refractivity contribution in [3.8, 4) is 0 Å². The molecule has 0 saturated carbocycles. The molecular formula is C31H32FN3O5S. The number of benzene rings is 3. The number of sulfonamides is 1. The lowest BCUT2D eigenvalue weighted by Crippen LogP contribution is -2.43. The molecule has 0 radical (unpaired) electrons. The molecule has 41 heavy (non-hydrogen) atoms. The Hall–Kier alpha value is -4.28. The Balaban J connectivity index is 1.59. The molecule has 0 aliphatic heterocycles. The number of hydrogen-bond donors (Lipinski definition) is 2. The van der Waals surface area contributed by atoms with Crippen LogP contribution in [-0.2, 0) is 39.1 Å². The second kappa shape index (κ2) is 13.9. The van der Waals surface area contributed by atoms with E-state index in [1.165, 1.54) is 35.4 Å². The van der Waals surface area contributed by atoms with Crippen LogP contribution in [0.3, 0.4) is 0 Å². The quantitative estimate of drug-likeness (QED) is 0.239. The summed E-state index contributed by atoms with van der Waals surface area (Å²) in [6, 6.07) is 23.6. The molecule has 8 nitrogen and oxygen atoms in total. The molecule has 3 aromatic carbocycles. The molecule has 0 aliphatic carbocycles. The van der Waals surface area contributed by atoms with Gasteiger partial charge in [0.1, 0.15) is 17.6 Å². The SMILES string of the molecule is CCNS(=O)(=O)c1ccc(CCC(=O)N(Cc2ccc(F)cc2)[C@H](C(=O)NCc2ccco2)c2ccccc2)cc1. The topological polar surface area (TPSA) is 109 Å². The highest BCUT2D eigenvalue weighted by atomic mass is 32.2. The predicted octanol–water partition coefficient (Wildman–Crippen LogP) is 4.74. The first-order valence-corrected chi connectivity index (χ1v) is 14.7. The maximum absolute atomic E-state index is 13.8. The van der Waals surface area contributed by atoms with Crippen LogP contribution < -0.4 is 10.0 Å². The highest BCUT2D eigenvalue weighted by molar-refractivity contribution is 7.89. The Morgan fingerprint density at radius 3 is 2.22 bits per heavy atom. The van der Waals surface area contributed by atoms with Gasteiger partial charge in [-0.1, -0.05) is 61.5 Å². The average Bonchev–Trinajstić information content (AvgIpc) is 3.50. The summed E-state index contributed by atoms with van der Waals surface area (Å²) in [5.74, 6) is -0.509. The molecule has 0 bridgehead atoms. The van der Waals surface area contributed by atoms with E-state index in [0.717, 1.165) is 5.56 Å². The molecule has 4 rings (SSSR count). The van der Waals surface area contributed by atoms with Gasteiger partial charge in [-0.3, -0.25) is 9.59 Å². The van der Waals surface area contributed by atoms with Crippen LogP contribution in [0.5, 0.6) is 0 Å². The van der Waals surface area contributed by atoms with Gasteiger partial charge in [0.25, 0.3) is 0 Å². The highest BCUT2D eigenvalue weighted by Gasteiger charge is 2.31. The van der Waals surface area contributed by atoms with Crippen LogP contribution in [0.1, 0.15) is 41.8 Å². The summed E-state index contributed by atoms with van der Waals surface area (Å²) < 4.78 is 45.9. The molecule has 2 amide bonds. The number of hydrogen-bond acceptors (Lipinski definition) is 5. The van der Waals surface area contributed by atoms with Crippen molar-refractivity contribution >= 4 is 21.8 Å². The van der Waals surface area contributed by atoms with Crippen molar-refractivity contribution in [2.45, 2.75) is 43.8 Å². The number of aryl methyl sites for hydroxylation is 1. The number of carbonyl (C=O) groups is 2. The molecule has 4 aromatic rings. The van der Waals surface area contributed by atoms with Crippen LogP contribution in [0.25, 0.3) is 0 Å². The maximum Gasteiger partial charge on any atom is 0.247 e. The minimum Gasteiger partial charge on any atom is -0.467 e. The second-order valence-corrected chi connectivity index (χ2v) is 11.2. The molecular weight excluding hydrogens is 545 g/mol. The lowest BCUT2D eigenvalue weighted by molar-refractivity contribution is -0.141. The van der Waals surface area contributed by atoms with Crippen LogP contribution in [0.4, 0.5) is 4.39 Å². The summed E-state index contributed by atoms with van der Waals surface area (Å²) in [6.07, 6.45) is 1.91. The Morgan fingerprint density at radius 2 is 1.59 bits per heavy atom. The van der Waals surface area contributed by atoms with Crippen LogP contribution >= 0.6 is 0 Å². The lowest BCUT2D eigenvalue weighted by atomic mass is 10.0. The largest absolute Gasteiger partial charge is 0.467 e. The first kappa shape index (κ1) is 29.7. The Bertz CT molecular complexity index is 1530. The van der Waals surface area contributed by atoms with Crippen molar-refractivity contribution in [1.29, 1.82) is 0 Å². The molecule has 10 heteroatoms. The van der Waals surface area contributed by atoms with Gasteiger partial charge in [0, 0.05) is 19.5 Å². The van der Waals surface area contributed by atoms with Crippen molar-refractivity contribution in [2.75, 3.05) is 6.54 Å². The van der Waals surface area contributed by atoms with Gasteiger partial charge >= 0.3 is 0 Å². The van der Waals surface area contributed by atoms with E-state index in [0.29, 0.717) is 23.3 Å². The number of rotatable bonds is 13. The van der Waals surface area contributed by atoms with Gasteiger partial charge in [-0.15, -0.1) is 0 Å². The van der Waals surface area contributed by atoms with Crippen molar-refractivity contribution in [3.05, 3.63) is 126 Å². The van der Waals surface area contributed by atoms with Crippen LogP contribution in [0.2, 0.25) is 0 Å². The van der Waals surface area contributed by atoms with Crippen LogP contribution in [-0.4, -0.2) is 31.7 Å². The fourth-order valence-corrected chi connectivity index (χ4v) is 5.45. The fourth-order valence-electron chi connectivity index (χ4n) is 4.41. The number of nitrogens with one attached hydrogen (secondary N) is 2. The van der Waals surface area contributed by atoms with Gasteiger partial charge in [0.2, 0.25) is 21.8 Å². The zero-order chi connectivity index (χ0) is 29.2. The Kier molecular flexibility index (Phi) is 10.0. The lowest BCUT2D eigenvalue weighted by Gasteiger charge is -2.31. The summed E-state index contributed by atoms with van der Waals surface area (Å²) in [5, 5.41) is 2.87. The zero-order valence-electron chi connectivity index (χ0n) is 22.6. The number of amides is 2. The maximum atomic E-state index is 13.8. The van der Waals surface area contributed by atoms with E-state index < -0.39 is 21.9 Å². The van der Waals surface area contributed by atoms with E-state index in [1.807, 2.05) is 6.07 Å². The minimum atomic E-state index is -3.59. The normalized spacial score (nSPS) is 12.0. The van der Waals surface area contributed by atoms with Crippen molar-refractivity contribution < 1.29 is 26.8 Å². The van der Waals surface area contributed by atoms with E-state index in [4.69, 9.17) is 4.42 Å². The molecule has 214 valence electrons. The van der Waals surface area contributed by atoms with Gasteiger partial charge < -0.3 is 14.6 Å². The molecule has 0 spiro atoms. The van der Waals surface area contributed by atoms with Crippen LogP contribution in [0.15, 0.2) is 107 Å². The van der Waals surface area contributed by atoms with Crippen molar-refractivity contribution in [1.82, 2.24) is 14.9 Å². The van der Waals surface area contributed by atoms with Gasteiger partial charge in [-0.25, -0.2) is 17.5 Å². The molecule has 0 aliphatic rings. The van der Waals surface area contributed by atoms with Gasteiger partial charge in [0.05, 0.1) is 17.7 Å². The minimum absolute atomic E-state index is 0.0648. The number of furan rings is 1. The molecule has 1 aromatic heterocycles. The Morgan fingerprint density at radius 1 is 0.902 bits per heavy atom. The summed E-state index contributed by atoms with van der Waals surface area (Å²) in [5.41, 5.74) is 2.06. The number of nitrogens with zero attached hydrogens (tertiary/aromatic N) is 1. The molecule has 2 N–H and O–H groups in total. The first-order chi connectivity index (χ1) is 19.8. The van der Waals surface area contributed by atoms with E-state index in [9.17, 15) is 22.4 Å². The van der Waals surface area contributed by atoms with Gasteiger partial charge in [-0.05, 0) is 59.5 Å². The first-order valence-electron chi connectivity index (χ1n) is 13.2. The number of halogens is 1.